The summed E-state index contributed by atoms with van der Waals surface area (Å²) in [6.07, 6.45) is 6.86. The Morgan fingerprint density at radius 3 is 2.41 bits per heavy atom. The van der Waals surface area contributed by atoms with Crippen LogP contribution in [0, 0.1) is 28.9 Å². The number of rotatable bonds is 19. The molecule has 2 aliphatic rings. The summed E-state index contributed by atoms with van der Waals surface area (Å²) in [7, 11) is 7.12. The van der Waals surface area contributed by atoms with Crippen molar-refractivity contribution in [2.24, 2.45) is 17.3 Å². The maximum Gasteiger partial charge on any atom is 0.324 e. The molecule has 69 heavy (non-hydrogen) atoms. The summed E-state index contributed by atoms with van der Waals surface area (Å²) in [6, 6.07) is 10.5. The van der Waals surface area contributed by atoms with Crippen molar-refractivity contribution in [3.8, 4) is 22.4 Å². The van der Waals surface area contributed by atoms with Crippen molar-refractivity contribution in [1.82, 2.24) is 35.1 Å². The van der Waals surface area contributed by atoms with Gasteiger partial charge in [0.15, 0.2) is 11.6 Å². The van der Waals surface area contributed by atoms with Gasteiger partial charge in [-0.25, -0.2) is 19.2 Å². The molecule has 2 aromatic carbocycles. The minimum atomic E-state index is -1.07. The monoisotopic (exact) mass is 956 g/mol. The SMILES string of the molecule is C=CC(=O)N1CCC(C=O)C1.CCn1c(-c2cccnc2C(C)OC)c(CC(C)(C)COC(=O)[C@@H]2CCCN(C)N2)c2cc(-c3cc(F)c(F)c(CC(C=O)NC(=O)C(C(C)C)N(C)C)c3)ccc21. The first-order chi connectivity index (χ1) is 32.8. The Balaban J connectivity index is 0.000000709. The standard InChI is InChI=1S/C45H60F2N6O5.C8H11NO2/c1-11-53-38-17-16-29(30-20-31(39(47)36(46)23-30)21-32(25-54)49-43(55)41(27(2)3)51(7)8)22-34(38)35(42(53)33-14-12-18-48-40(33)28(4)57-10)24-45(5,6)26-58-44(56)37-15-13-19-52(9)50-37;1-2-8(11)9-4-3-7(5-9)6-10/h12,14,16-18,20,22-23,25,27-28,32,37,41,50H,11,13,15,19,21,24,26H2,1-10H3,(H,49,55);2,6-7H,1,3-5H2/t28?,32?,37-,41?;/m0./s1. The zero-order valence-electron chi connectivity index (χ0n) is 41.9. The molecule has 0 radical (unpaired) electrons. The molecule has 0 saturated carbocycles. The van der Waals surface area contributed by atoms with Crippen LogP contribution in [0.1, 0.15) is 83.7 Å². The largest absolute Gasteiger partial charge is 0.464 e. The Hall–Kier alpha value is -5.68. The van der Waals surface area contributed by atoms with E-state index in [1.165, 1.54) is 6.08 Å². The number of pyridine rings is 1. The predicted molar refractivity (Wildman–Crippen MR) is 264 cm³/mol. The van der Waals surface area contributed by atoms with Gasteiger partial charge in [-0.05, 0) is 124 Å². The molecule has 2 aromatic heterocycles. The summed E-state index contributed by atoms with van der Waals surface area (Å²) in [4.78, 5) is 68.0. The highest BCUT2D eigenvalue weighted by Gasteiger charge is 2.32. The number of esters is 1. The van der Waals surface area contributed by atoms with Crippen LogP contribution in [0.15, 0.2) is 61.3 Å². The van der Waals surface area contributed by atoms with Gasteiger partial charge in [0.1, 0.15) is 18.6 Å². The second-order valence-electron chi connectivity index (χ2n) is 19.5. The molecule has 0 aliphatic carbocycles. The third-order valence-electron chi connectivity index (χ3n) is 13.0. The van der Waals surface area contributed by atoms with Crippen LogP contribution in [0.2, 0.25) is 0 Å². The third-order valence-corrected chi connectivity index (χ3v) is 13.0. The van der Waals surface area contributed by atoms with Gasteiger partial charge in [-0.15, -0.1) is 0 Å². The normalized spacial score (nSPS) is 17.8. The maximum atomic E-state index is 15.5. The quantitative estimate of drug-likeness (QED) is 0.0561. The number of nitrogens with zero attached hydrogens (tertiary/aromatic N) is 5. The lowest BCUT2D eigenvalue weighted by atomic mass is 9.84. The molecule has 16 heteroatoms. The minimum absolute atomic E-state index is 0.0272. The fraction of sp³-hybridized carbons (Fsp3) is 0.509. The maximum absolute atomic E-state index is 15.5. The van der Waals surface area contributed by atoms with Gasteiger partial charge < -0.3 is 33.8 Å². The van der Waals surface area contributed by atoms with Crippen LogP contribution >= 0.6 is 0 Å². The number of hydrogen-bond acceptors (Lipinski definition) is 11. The number of methoxy groups -OCH3 is 1. The number of likely N-dealkylation sites (tertiary alicyclic amines) is 1. The van der Waals surface area contributed by atoms with Crippen LogP contribution in [-0.2, 0) is 52.8 Å². The van der Waals surface area contributed by atoms with Crippen molar-refractivity contribution < 1.29 is 42.2 Å². The van der Waals surface area contributed by atoms with E-state index in [1.807, 2.05) is 63.2 Å². The van der Waals surface area contributed by atoms with E-state index in [4.69, 9.17) is 14.5 Å². The average molecular weight is 956 g/mol. The van der Waals surface area contributed by atoms with Crippen LogP contribution < -0.4 is 10.7 Å². The van der Waals surface area contributed by atoms with Crippen LogP contribution in [0.5, 0.6) is 0 Å². The van der Waals surface area contributed by atoms with E-state index in [0.717, 1.165) is 65.2 Å². The van der Waals surface area contributed by atoms with Crippen molar-refractivity contribution in [1.29, 1.82) is 0 Å². The Morgan fingerprint density at radius 2 is 1.80 bits per heavy atom. The number of carbonyl (C=O) groups excluding carboxylic acids is 5. The smallest absolute Gasteiger partial charge is 0.324 e. The van der Waals surface area contributed by atoms with Gasteiger partial charge in [-0.3, -0.25) is 24.3 Å². The highest BCUT2D eigenvalue weighted by Crippen LogP contribution is 2.42. The molecule has 2 amide bonds. The van der Waals surface area contributed by atoms with Crippen molar-refractivity contribution >= 4 is 41.3 Å². The molecule has 374 valence electrons. The number of aryl methyl sites for hydroxylation is 1. The fourth-order valence-electron chi connectivity index (χ4n) is 9.43. The molecule has 4 aromatic rings. The number of ether oxygens (including phenoxy) is 2. The van der Waals surface area contributed by atoms with Gasteiger partial charge in [-0.2, -0.15) is 0 Å². The van der Waals surface area contributed by atoms with Crippen molar-refractivity contribution in [3.63, 3.8) is 0 Å². The van der Waals surface area contributed by atoms with Gasteiger partial charge in [-0.1, -0.05) is 40.3 Å². The Labute approximate surface area is 405 Å². The van der Waals surface area contributed by atoms with Gasteiger partial charge in [0.05, 0.1) is 36.2 Å². The first-order valence-electron chi connectivity index (χ1n) is 23.8. The number of benzene rings is 2. The number of fused-ring (bicyclic) bond motifs is 1. The molecular formula is C53H71F2N7O7. The Morgan fingerprint density at radius 1 is 1.06 bits per heavy atom. The van der Waals surface area contributed by atoms with Crippen LogP contribution in [0.4, 0.5) is 8.78 Å². The first-order valence-corrected chi connectivity index (χ1v) is 23.8. The number of halogens is 2. The molecular weight excluding hydrogens is 885 g/mol. The molecule has 14 nitrogen and oxygen atoms in total. The molecule has 4 unspecified atom stereocenters. The molecule has 2 aliphatic heterocycles. The average Bonchev–Trinajstić information content (AvgIpc) is 3.93. The van der Waals surface area contributed by atoms with Crippen molar-refractivity contribution in [2.75, 3.05) is 54.5 Å². The summed E-state index contributed by atoms with van der Waals surface area (Å²) in [5.74, 6) is -2.85. The molecule has 4 heterocycles. The Bertz CT molecular complexity index is 2460. The van der Waals surface area contributed by atoms with E-state index >= 15 is 8.78 Å². The van der Waals surface area contributed by atoms with Crippen LogP contribution in [0.3, 0.4) is 0 Å². The van der Waals surface area contributed by atoms with Gasteiger partial charge in [0.25, 0.3) is 0 Å². The lowest BCUT2D eigenvalue weighted by molar-refractivity contribution is -0.152. The molecule has 2 N–H and O–H groups in total. The van der Waals surface area contributed by atoms with Crippen LogP contribution in [0.25, 0.3) is 33.3 Å². The van der Waals surface area contributed by atoms with Crippen molar-refractivity contribution in [2.45, 2.75) is 104 Å². The van der Waals surface area contributed by atoms with Gasteiger partial charge in [0, 0.05) is 80.8 Å². The second-order valence-corrected chi connectivity index (χ2v) is 19.5. The molecule has 0 spiro atoms. The fourth-order valence-corrected chi connectivity index (χ4v) is 9.43. The van der Waals surface area contributed by atoms with E-state index in [2.05, 4.69) is 42.7 Å². The van der Waals surface area contributed by atoms with E-state index in [9.17, 15) is 24.0 Å². The third kappa shape index (κ3) is 13.4. The van der Waals surface area contributed by atoms with E-state index < -0.39 is 35.2 Å². The lowest BCUT2D eigenvalue weighted by Gasteiger charge is -2.31. The molecule has 0 bridgehead atoms. The summed E-state index contributed by atoms with van der Waals surface area (Å²) < 4.78 is 44.9. The number of aldehydes is 2. The molecule has 2 fully saturated rings. The predicted octanol–water partition coefficient (Wildman–Crippen LogP) is 7.12. The number of hydrogen-bond donors (Lipinski definition) is 2. The minimum Gasteiger partial charge on any atom is -0.464 e. The number of nitrogens with one attached hydrogen (secondary N) is 2. The van der Waals surface area contributed by atoms with E-state index in [0.29, 0.717) is 49.9 Å². The molecule has 5 atom stereocenters. The van der Waals surface area contributed by atoms with E-state index in [-0.39, 0.29) is 54.3 Å². The van der Waals surface area contributed by atoms with E-state index in [1.54, 1.807) is 43.3 Å². The lowest BCUT2D eigenvalue weighted by Crippen LogP contribution is -2.51. The topological polar surface area (TPSA) is 155 Å². The van der Waals surface area contributed by atoms with Gasteiger partial charge in [0.2, 0.25) is 11.8 Å². The highest BCUT2D eigenvalue weighted by molar-refractivity contribution is 5.95. The second kappa shape index (κ2) is 24.2. The highest BCUT2D eigenvalue weighted by atomic mass is 19.2. The molecule has 2 saturated heterocycles. The van der Waals surface area contributed by atoms with Gasteiger partial charge >= 0.3 is 5.97 Å². The zero-order valence-corrected chi connectivity index (χ0v) is 41.9. The first kappa shape index (κ1) is 54.3. The summed E-state index contributed by atoms with van der Waals surface area (Å²) in [6.45, 7) is 18.2. The summed E-state index contributed by atoms with van der Waals surface area (Å²) in [5.41, 5.74) is 8.26. The summed E-state index contributed by atoms with van der Waals surface area (Å²) >= 11 is 0. The molecule has 6 rings (SSSR count). The number of aromatic nitrogens is 2. The summed E-state index contributed by atoms with van der Waals surface area (Å²) in [5, 5.41) is 5.55. The van der Waals surface area contributed by atoms with Crippen LogP contribution in [-0.4, -0.2) is 127 Å². The number of amides is 2. The zero-order chi connectivity index (χ0) is 50.7. The number of likely N-dealkylation sites (N-methyl/N-ethyl adjacent to an activating group) is 1. The number of carbonyl (C=O) groups is 5. The van der Waals surface area contributed by atoms with Crippen molar-refractivity contribution in [3.05, 3.63) is 89.8 Å². The Kier molecular flexibility index (Phi) is 19.1. The number of hydrazine groups is 1.